The van der Waals surface area contributed by atoms with Crippen LogP contribution in [0.1, 0.15) is 97.5 Å². The molecule has 0 spiro atoms. The Balaban J connectivity index is 1.80. The van der Waals surface area contributed by atoms with E-state index in [1.807, 2.05) is 62.9 Å². The minimum Gasteiger partial charge on any atom is -0.496 e. The Morgan fingerprint density at radius 1 is 0.800 bits per heavy atom. The van der Waals surface area contributed by atoms with Gasteiger partial charge < -0.3 is 33.4 Å². The number of methoxy groups -OCH3 is 3. The zero-order valence-corrected chi connectivity index (χ0v) is 36.3. The average Bonchev–Trinajstić information content (AvgIpc) is 3.15. The van der Waals surface area contributed by atoms with Gasteiger partial charge in [0.2, 0.25) is 14.2 Å². The van der Waals surface area contributed by atoms with Crippen molar-refractivity contribution in [1.82, 2.24) is 4.90 Å². The number of ether oxygens (including phenoxy) is 4. The van der Waals surface area contributed by atoms with E-state index in [1.165, 1.54) is 0 Å². The molecule has 0 fully saturated rings. The fourth-order valence-corrected chi connectivity index (χ4v) is 14.6. The quantitative estimate of drug-likeness (QED) is 0.128. The zero-order valence-electron chi connectivity index (χ0n) is 35.3. The molecule has 298 valence electrons. The summed E-state index contributed by atoms with van der Waals surface area (Å²) in [7, 11) is 2.83. The molecule has 8 nitrogen and oxygen atoms in total. The minimum atomic E-state index is -2.19. The van der Waals surface area contributed by atoms with Crippen LogP contribution in [-0.2, 0) is 28.9 Å². The molecule has 4 aromatic rings. The number of hydrogen-bond donors (Lipinski definition) is 1. The lowest BCUT2D eigenvalue weighted by Crippen LogP contribution is -2.52. The van der Waals surface area contributed by atoms with E-state index < -0.39 is 19.8 Å². The van der Waals surface area contributed by atoms with E-state index in [2.05, 4.69) is 71.9 Å². The largest absolute Gasteiger partial charge is 0.496 e. The van der Waals surface area contributed by atoms with Crippen LogP contribution in [0.5, 0.6) is 23.0 Å². The Kier molecular flexibility index (Phi) is 13.0. The van der Waals surface area contributed by atoms with Crippen LogP contribution in [0.15, 0.2) is 60.7 Å². The first-order chi connectivity index (χ1) is 26.0. The van der Waals surface area contributed by atoms with Crippen LogP contribution in [0.3, 0.4) is 0 Å². The maximum atomic E-state index is 13.9. The fourth-order valence-electron chi connectivity index (χ4n) is 9.16. The highest BCUT2D eigenvalue weighted by Gasteiger charge is 2.45. The molecule has 0 radical (unpaired) electrons. The van der Waals surface area contributed by atoms with Crippen LogP contribution in [-0.4, -0.2) is 58.2 Å². The Morgan fingerprint density at radius 2 is 1.42 bits per heavy atom. The Bertz CT molecular complexity index is 1950. The monoisotopic (exact) mass is 769 g/mol. The van der Waals surface area contributed by atoms with Gasteiger partial charge in [-0.1, -0.05) is 92.6 Å². The number of aliphatic hydroxyl groups excluding tert-OH is 1. The second kappa shape index (κ2) is 17.0. The first kappa shape index (κ1) is 42.1. The molecule has 5 rings (SSSR count). The Morgan fingerprint density at radius 3 is 1.96 bits per heavy atom. The molecule has 9 heteroatoms. The van der Waals surface area contributed by atoms with E-state index in [1.54, 1.807) is 21.3 Å². The van der Waals surface area contributed by atoms with E-state index in [0.717, 1.165) is 44.2 Å². The second-order valence-corrected chi connectivity index (χ2v) is 22.4. The van der Waals surface area contributed by atoms with Gasteiger partial charge in [0.25, 0.3) is 0 Å². The number of hydrogen-bond acceptors (Lipinski definition) is 7. The standard InChI is InChI=1S/C46H63NO7Si/c1-28(2)55(29(3)4,30(5)6)54-27-33-21-36-35(19-20-38(44(36)39(22-33)50-11)53-26-32-17-15-14-16-18-32)43-37-23-34(25-48)47(45(49)46(8,9)10)31(7)42(37)40(51-12)24-41(43)52-13/h14-22,24,28-31,34,48H,23,25-27H2,1-13H3/t31-,34-/m0/s1. The molecule has 1 aliphatic rings. The first-order valence-corrected chi connectivity index (χ1v) is 21.9. The van der Waals surface area contributed by atoms with Gasteiger partial charge in [0.1, 0.15) is 29.6 Å². The van der Waals surface area contributed by atoms with E-state index in [9.17, 15) is 9.90 Å². The number of carbonyl (C=O) groups is 1. The smallest absolute Gasteiger partial charge is 0.228 e. The lowest BCUT2D eigenvalue weighted by Gasteiger charge is -2.45. The maximum Gasteiger partial charge on any atom is 0.228 e. The molecule has 1 aliphatic heterocycles. The molecule has 4 aromatic carbocycles. The van der Waals surface area contributed by atoms with Gasteiger partial charge in [-0.05, 0) is 81.9 Å². The molecule has 55 heavy (non-hydrogen) atoms. The lowest BCUT2D eigenvalue weighted by molar-refractivity contribution is -0.146. The van der Waals surface area contributed by atoms with Crippen molar-refractivity contribution in [2.45, 2.75) is 118 Å². The molecule has 1 heterocycles. The summed E-state index contributed by atoms with van der Waals surface area (Å²) in [6, 6.07) is 19.6. The Hall–Kier alpha value is -4.05. The molecular weight excluding hydrogens is 707 g/mol. The molecule has 0 unspecified atom stereocenters. The number of nitrogens with zero attached hydrogens (tertiary/aromatic N) is 1. The van der Waals surface area contributed by atoms with Gasteiger partial charge in [0.05, 0.1) is 52.0 Å². The van der Waals surface area contributed by atoms with Crippen molar-refractivity contribution in [3.8, 4) is 34.1 Å². The summed E-state index contributed by atoms with van der Waals surface area (Å²) >= 11 is 0. The number of amides is 1. The van der Waals surface area contributed by atoms with Crippen LogP contribution < -0.4 is 18.9 Å². The van der Waals surface area contributed by atoms with Gasteiger partial charge in [-0.15, -0.1) is 0 Å². The van der Waals surface area contributed by atoms with Gasteiger partial charge in [-0.2, -0.15) is 0 Å². The molecule has 0 aliphatic carbocycles. The van der Waals surface area contributed by atoms with Crippen molar-refractivity contribution in [3.63, 3.8) is 0 Å². The van der Waals surface area contributed by atoms with Gasteiger partial charge in [-0.25, -0.2) is 0 Å². The van der Waals surface area contributed by atoms with Crippen LogP contribution in [0.2, 0.25) is 16.6 Å². The highest BCUT2D eigenvalue weighted by Crippen LogP contribution is 2.52. The van der Waals surface area contributed by atoms with E-state index in [-0.39, 0.29) is 18.6 Å². The number of fused-ring (bicyclic) bond motifs is 2. The average molecular weight is 770 g/mol. The van der Waals surface area contributed by atoms with Gasteiger partial charge in [0, 0.05) is 22.6 Å². The van der Waals surface area contributed by atoms with Crippen molar-refractivity contribution in [1.29, 1.82) is 0 Å². The molecule has 2 atom stereocenters. The minimum absolute atomic E-state index is 0.0207. The number of rotatable bonds is 14. The van der Waals surface area contributed by atoms with E-state index in [4.69, 9.17) is 23.4 Å². The SMILES string of the molecule is COc1cc(OC)c2c(c1-c1ccc(OCc3ccccc3)c3c(OC)cc(CO[Si](C(C)C)(C(C)C)C(C)C)cc13)C[C@@H](CO)N(C(=O)C(C)(C)C)[C@H]2C. The maximum absolute atomic E-state index is 13.9. The third kappa shape index (κ3) is 7.98. The molecule has 1 amide bonds. The zero-order chi connectivity index (χ0) is 40.4. The first-order valence-electron chi connectivity index (χ1n) is 19.7. The predicted octanol–water partition coefficient (Wildman–Crippen LogP) is 10.7. The van der Waals surface area contributed by atoms with Crippen molar-refractivity contribution in [2.75, 3.05) is 27.9 Å². The molecule has 0 aromatic heterocycles. The van der Waals surface area contributed by atoms with Crippen LogP contribution in [0, 0.1) is 5.41 Å². The number of carbonyl (C=O) groups excluding carboxylic acids is 1. The predicted molar refractivity (Wildman–Crippen MR) is 225 cm³/mol. The van der Waals surface area contributed by atoms with Gasteiger partial charge in [0.15, 0.2) is 0 Å². The molecule has 0 saturated heterocycles. The lowest BCUT2D eigenvalue weighted by atomic mass is 9.80. The summed E-state index contributed by atoms with van der Waals surface area (Å²) in [5.74, 6) is 2.65. The van der Waals surface area contributed by atoms with Crippen molar-refractivity contribution < 1.29 is 33.3 Å². The highest BCUT2D eigenvalue weighted by molar-refractivity contribution is 6.77. The van der Waals surface area contributed by atoms with Gasteiger partial charge >= 0.3 is 0 Å². The second-order valence-electron chi connectivity index (χ2n) is 16.9. The van der Waals surface area contributed by atoms with Crippen LogP contribution in [0.4, 0.5) is 0 Å². The normalized spacial score (nSPS) is 16.2. The van der Waals surface area contributed by atoms with Crippen LogP contribution >= 0.6 is 0 Å². The Labute approximate surface area is 330 Å². The van der Waals surface area contributed by atoms with Gasteiger partial charge in [-0.3, -0.25) is 4.79 Å². The molecular formula is C46H63NO7Si. The summed E-state index contributed by atoms with van der Waals surface area (Å²) in [6.07, 6.45) is 0.417. The molecule has 0 bridgehead atoms. The summed E-state index contributed by atoms with van der Waals surface area (Å²) in [6.45, 7) is 22.3. The molecule has 0 saturated carbocycles. The summed E-state index contributed by atoms with van der Waals surface area (Å²) in [4.78, 5) is 15.8. The summed E-state index contributed by atoms with van der Waals surface area (Å²) < 4.78 is 32.1. The number of aliphatic hydroxyl groups is 1. The topological polar surface area (TPSA) is 86.7 Å². The molecule has 1 N–H and O–H groups in total. The fraction of sp³-hybridized carbons (Fsp3) is 0.500. The van der Waals surface area contributed by atoms with Crippen molar-refractivity contribution in [2.24, 2.45) is 5.41 Å². The third-order valence-corrected chi connectivity index (χ3v) is 17.7. The van der Waals surface area contributed by atoms with Crippen molar-refractivity contribution >= 4 is 25.0 Å². The summed E-state index contributed by atoms with van der Waals surface area (Å²) in [5.41, 5.74) is 6.44. The number of benzene rings is 4. The highest BCUT2D eigenvalue weighted by atomic mass is 28.4. The van der Waals surface area contributed by atoms with E-state index >= 15 is 0 Å². The van der Waals surface area contributed by atoms with Crippen LogP contribution in [0.25, 0.3) is 21.9 Å². The summed E-state index contributed by atoms with van der Waals surface area (Å²) in [5, 5.41) is 12.6. The van der Waals surface area contributed by atoms with Crippen molar-refractivity contribution in [3.05, 3.63) is 82.9 Å². The van der Waals surface area contributed by atoms with E-state index in [0.29, 0.717) is 59.3 Å². The third-order valence-electron chi connectivity index (χ3n) is 11.6.